The number of sulfonamides is 1. The van der Waals surface area contributed by atoms with Crippen molar-refractivity contribution in [2.75, 3.05) is 11.9 Å². The molecule has 7 nitrogen and oxygen atoms in total. The van der Waals surface area contributed by atoms with Crippen molar-refractivity contribution in [3.63, 3.8) is 0 Å². The average Bonchev–Trinajstić information content (AvgIpc) is 3.30. The van der Waals surface area contributed by atoms with Crippen molar-refractivity contribution in [2.45, 2.75) is 43.9 Å². The Labute approximate surface area is 233 Å². The van der Waals surface area contributed by atoms with Gasteiger partial charge in [-0.2, -0.15) is 0 Å². The third kappa shape index (κ3) is 7.06. The predicted octanol–water partition coefficient (Wildman–Crippen LogP) is 5.69. The molecule has 0 saturated heterocycles. The minimum absolute atomic E-state index is 0.107. The highest BCUT2D eigenvalue weighted by Crippen LogP contribution is 2.28. The normalized spacial score (nSPS) is 11.8. The molecule has 0 atom stereocenters. The average molecular weight is 558 g/mol. The van der Waals surface area contributed by atoms with Gasteiger partial charge in [0.25, 0.3) is 0 Å². The molecule has 0 saturated carbocycles. The Hall–Kier alpha value is -3.66. The number of thiazole rings is 1. The lowest BCUT2D eigenvalue weighted by Crippen LogP contribution is -2.13. The summed E-state index contributed by atoms with van der Waals surface area (Å²) in [5.41, 5.74) is 6.36. The highest BCUT2D eigenvalue weighted by atomic mass is 32.2. The van der Waals surface area contributed by atoms with Gasteiger partial charge in [0, 0.05) is 19.4 Å². The molecule has 2 heterocycles. The molecule has 39 heavy (non-hydrogen) atoms. The number of fused-ring (bicyclic) bond motifs is 1. The van der Waals surface area contributed by atoms with E-state index in [9.17, 15) is 8.42 Å². The molecule has 0 amide bonds. The zero-order chi connectivity index (χ0) is 27.4. The first-order valence-corrected chi connectivity index (χ1v) is 15.2. The SMILES string of the molecule is CC(C)c1ccc2nc(Cc3cc(Cc4ccccc4)nc(NCCc4ccc(S(N)(=O)=O)cc4)n3)sc2c1. The maximum absolute atomic E-state index is 11.5. The van der Waals surface area contributed by atoms with Crippen molar-refractivity contribution >= 4 is 37.5 Å². The topological polar surface area (TPSA) is 111 Å². The zero-order valence-corrected chi connectivity index (χ0v) is 23.6. The number of primary sulfonamides is 1. The fraction of sp³-hybridized carbons (Fsp3) is 0.233. The number of rotatable bonds is 10. The Bertz CT molecular complexity index is 1680. The van der Waals surface area contributed by atoms with Gasteiger partial charge in [0.05, 0.1) is 31.5 Å². The molecule has 0 unspecified atom stereocenters. The van der Waals surface area contributed by atoms with Crippen LogP contribution >= 0.6 is 11.3 Å². The Morgan fingerprint density at radius 2 is 1.56 bits per heavy atom. The third-order valence-corrected chi connectivity index (χ3v) is 8.41. The van der Waals surface area contributed by atoms with Crippen LogP contribution in [0.1, 0.15) is 52.9 Å². The highest BCUT2D eigenvalue weighted by Gasteiger charge is 2.12. The summed E-state index contributed by atoms with van der Waals surface area (Å²) >= 11 is 1.71. The second-order valence-corrected chi connectivity index (χ2v) is 12.5. The molecule has 0 aliphatic carbocycles. The third-order valence-electron chi connectivity index (χ3n) is 6.46. The fourth-order valence-corrected chi connectivity index (χ4v) is 5.91. The lowest BCUT2D eigenvalue weighted by Gasteiger charge is -2.10. The van der Waals surface area contributed by atoms with E-state index < -0.39 is 10.0 Å². The van der Waals surface area contributed by atoms with E-state index in [1.54, 1.807) is 23.5 Å². The molecular weight excluding hydrogens is 526 g/mol. The number of hydrogen-bond acceptors (Lipinski definition) is 7. The van der Waals surface area contributed by atoms with Crippen LogP contribution in [0.5, 0.6) is 0 Å². The van der Waals surface area contributed by atoms with Gasteiger partial charge in [-0.3, -0.25) is 0 Å². The summed E-state index contributed by atoms with van der Waals surface area (Å²) in [5.74, 6) is 1.05. The molecule has 2 aromatic heterocycles. The largest absolute Gasteiger partial charge is 0.354 e. The molecule has 5 aromatic rings. The lowest BCUT2D eigenvalue weighted by atomic mass is 10.0. The summed E-state index contributed by atoms with van der Waals surface area (Å²) < 4.78 is 24.2. The molecule has 0 aliphatic heterocycles. The van der Waals surface area contributed by atoms with Crippen LogP contribution in [0, 0.1) is 0 Å². The summed E-state index contributed by atoms with van der Waals surface area (Å²) in [6.07, 6.45) is 2.02. The first kappa shape index (κ1) is 26.9. The van der Waals surface area contributed by atoms with Crippen molar-refractivity contribution in [1.82, 2.24) is 15.0 Å². The predicted molar refractivity (Wildman–Crippen MR) is 158 cm³/mol. The van der Waals surface area contributed by atoms with Crippen LogP contribution in [-0.2, 0) is 29.3 Å². The fourth-order valence-electron chi connectivity index (χ4n) is 4.36. The van der Waals surface area contributed by atoms with E-state index >= 15 is 0 Å². The summed E-state index contributed by atoms with van der Waals surface area (Å²) in [7, 11) is -3.70. The quantitative estimate of drug-likeness (QED) is 0.228. The smallest absolute Gasteiger partial charge is 0.238 e. The van der Waals surface area contributed by atoms with Gasteiger partial charge in [-0.15, -0.1) is 11.3 Å². The van der Waals surface area contributed by atoms with Crippen molar-refractivity contribution < 1.29 is 8.42 Å². The van der Waals surface area contributed by atoms with Crippen molar-refractivity contribution in [3.05, 3.63) is 112 Å². The second-order valence-electron chi connectivity index (χ2n) is 9.87. The monoisotopic (exact) mass is 557 g/mol. The van der Waals surface area contributed by atoms with Crippen LogP contribution in [0.3, 0.4) is 0 Å². The van der Waals surface area contributed by atoms with Gasteiger partial charge >= 0.3 is 0 Å². The number of hydrogen-bond donors (Lipinski definition) is 2. The van der Waals surface area contributed by atoms with E-state index in [1.165, 1.54) is 28.0 Å². The van der Waals surface area contributed by atoms with Gasteiger partial charge in [-0.05, 0) is 59.4 Å². The van der Waals surface area contributed by atoms with E-state index in [0.717, 1.165) is 27.5 Å². The van der Waals surface area contributed by atoms with E-state index in [4.69, 9.17) is 20.1 Å². The molecule has 0 fully saturated rings. The molecule has 0 radical (unpaired) electrons. The Balaban J connectivity index is 1.35. The summed E-state index contributed by atoms with van der Waals surface area (Å²) in [4.78, 5) is 14.6. The maximum Gasteiger partial charge on any atom is 0.238 e. The summed E-state index contributed by atoms with van der Waals surface area (Å²) in [6.45, 7) is 5.00. The number of anilines is 1. The molecule has 3 N–H and O–H groups in total. The van der Waals surface area contributed by atoms with E-state index in [0.29, 0.717) is 37.7 Å². The van der Waals surface area contributed by atoms with E-state index in [2.05, 4.69) is 55.6 Å². The summed E-state index contributed by atoms with van der Waals surface area (Å²) in [6, 6.07) is 25.4. The van der Waals surface area contributed by atoms with Crippen LogP contribution < -0.4 is 10.5 Å². The molecule has 200 valence electrons. The van der Waals surface area contributed by atoms with Gasteiger partial charge in [-0.25, -0.2) is 28.5 Å². The van der Waals surface area contributed by atoms with Gasteiger partial charge in [0.15, 0.2) is 0 Å². The Kier molecular flexibility index (Phi) is 8.02. The molecule has 0 spiro atoms. The van der Waals surface area contributed by atoms with Gasteiger partial charge in [0.1, 0.15) is 0 Å². The van der Waals surface area contributed by atoms with Gasteiger partial charge < -0.3 is 5.32 Å². The first-order valence-electron chi connectivity index (χ1n) is 12.9. The maximum atomic E-state index is 11.5. The standard InChI is InChI=1S/C30H31N5O2S2/c1-20(2)23-10-13-27-28(17-23)38-29(35-27)19-25-18-24(16-22-6-4-3-5-7-22)33-30(34-25)32-15-14-21-8-11-26(12-9-21)39(31,36)37/h3-13,17-18,20H,14-16,19H2,1-2H3,(H2,31,36,37)(H,32,33,34). The van der Waals surface area contributed by atoms with E-state index in [-0.39, 0.29) is 4.90 Å². The van der Waals surface area contributed by atoms with Gasteiger partial charge in [0.2, 0.25) is 16.0 Å². The minimum atomic E-state index is -3.70. The van der Waals surface area contributed by atoms with Crippen LogP contribution in [0.25, 0.3) is 10.2 Å². The molecule has 0 bridgehead atoms. The molecule has 5 rings (SSSR count). The van der Waals surface area contributed by atoms with Crippen molar-refractivity contribution in [2.24, 2.45) is 5.14 Å². The lowest BCUT2D eigenvalue weighted by molar-refractivity contribution is 0.598. The van der Waals surface area contributed by atoms with Crippen LogP contribution in [0.15, 0.2) is 83.8 Å². The Morgan fingerprint density at radius 1 is 0.846 bits per heavy atom. The molecule has 3 aromatic carbocycles. The van der Waals surface area contributed by atoms with Gasteiger partial charge in [-0.1, -0.05) is 62.4 Å². The van der Waals surface area contributed by atoms with Crippen LogP contribution in [0.4, 0.5) is 5.95 Å². The second kappa shape index (κ2) is 11.6. The van der Waals surface area contributed by atoms with E-state index in [1.807, 2.05) is 18.2 Å². The van der Waals surface area contributed by atoms with Crippen molar-refractivity contribution in [3.8, 4) is 0 Å². The number of nitrogens with one attached hydrogen (secondary N) is 1. The molecule has 9 heteroatoms. The summed E-state index contributed by atoms with van der Waals surface area (Å²) in [5, 5.41) is 9.58. The number of nitrogens with zero attached hydrogens (tertiary/aromatic N) is 3. The molecular formula is C30H31N5O2S2. The first-order chi connectivity index (χ1) is 18.7. The molecule has 0 aliphatic rings. The van der Waals surface area contributed by atoms with Crippen LogP contribution in [0.2, 0.25) is 0 Å². The zero-order valence-electron chi connectivity index (χ0n) is 22.0. The highest BCUT2D eigenvalue weighted by molar-refractivity contribution is 7.89. The van der Waals surface area contributed by atoms with Crippen LogP contribution in [-0.4, -0.2) is 29.9 Å². The minimum Gasteiger partial charge on any atom is -0.354 e. The number of benzene rings is 3. The number of nitrogens with two attached hydrogens (primary N) is 1. The van der Waals surface area contributed by atoms with Crippen molar-refractivity contribution in [1.29, 1.82) is 0 Å². The Morgan fingerprint density at radius 3 is 2.26 bits per heavy atom. The number of aromatic nitrogens is 3.